The molecular weight excluding hydrogens is 282 g/mol. The molecule has 1 aliphatic rings. The van der Waals surface area contributed by atoms with E-state index >= 15 is 0 Å². The first-order chi connectivity index (χ1) is 9.39. The highest BCUT2D eigenvalue weighted by Crippen LogP contribution is 2.28. The fourth-order valence-corrected chi connectivity index (χ4v) is 4.58. The number of methoxy groups -OCH3 is 1. The van der Waals surface area contributed by atoms with Gasteiger partial charge in [0.2, 0.25) is 10.0 Å². The fourth-order valence-electron chi connectivity index (χ4n) is 2.60. The van der Waals surface area contributed by atoms with Gasteiger partial charge in [0.25, 0.3) is 0 Å². The van der Waals surface area contributed by atoms with E-state index in [1.165, 1.54) is 11.4 Å². The summed E-state index contributed by atoms with van der Waals surface area (Å²) in [6.07, 6.45) is 2.04. The fraction of sp³-hybridized carbons (Fsp3) is 0.667. The second-order valence-corrected chi connectivity index (χ2v) is 6.74. The van der Waals surface area contributed by atoms with Gasteiger partial charge in [-0.2, -0.15) is 9.40 Å². The van der Waals surface area contributed by atoms with Gasteiger partial charge in [-0.05, 0) is 33.1 Å². The van der Waals surface area contributed by atoms with E-state index in [9.17, 15) is 13.2 Å². The van der Waals surface area contributed by atoms with Crippen LogP contribution in [0.3, 0.4) is 0 Å². The molecule has 20 heavy (non-hydrogen) atoms. The minimum absolute atomic E-state index is 0.160. The van der Waals surface area contributed by atoms with Crippen molar-refractivity contribution < 1.29 is 17.9 Å². The minimum atomic E-state index is -3.75. The van der Waals surface area contributed by atoms with E-state index in [1.54, 1.807) is 13.8 Å². The Labute approximate surface area is 118 Å². The Hall–Kier alpha value is -1.41. The number of hydrogen-bond acceptors (Lipinski definition) is 5. The van der Waals surface area contributed by atoms with Crippen LogP contribution in [0.5, 0.6) is 0 Å². The molecule has 112 valence electrons. The summed E-state index contributed by atoms with van der Waals surface area (Å²) >= 11 is 0. The number of aromatic amines is 1. The molecule has 1 unspecified atom stereocenters. The molecule has 1 atom stereocenters. The first kappa shape index (κ1) is 15.0. The average molecular weight is 301 g/mol. The van der Waals surface area contributed by atoms with Gasteiger partial charge in [-0.3, -0.25) is 9.89 Å². The third kappa shape index (κ3) is 2.45. The van der Waals surface area contributed by atoms with Gasteiger partial charge in [-0.1, -0.05) is 0 Å². The number of sulfonamides is 1. The molecule has 1 fully saturated rings. The van der Waals surface area contributed by atoms with Crippen molar-refractivity contribution in [3.05, 3.63) is 11.4 Å². The van der Waals surface area contributed by atoms with Gasteiger partial charge in [0.05, 0.1) is 18.5 Å². The molecule has 0 radical (unpaired) electrons. The summed E-state index contributed by atoms with van der Waals surface area (Å²) in [7, 11) is -2.47. The molecule has 0 aromatic carbocycles. The van der Waals surface area contributed by atoms with E-state index in [-0.39, 0.29) is 4.90 Å². The Bertz CT molecular complexity index is 589. The van der Waals surface area contributed by atoms with E-state index in [0.29, 0.717) is 24.4 Å². The standard InChI is InChI=1S/C12H19N3O4S/c1-8-11(9(2)14-13-8)20(17,18)15-7-5-4-6-10(15)12(16)19-3/h10H,4-7H2,1-3H3,(H,13,14). The molecule has 2 heterocycles. The quantitative estimate of drug-likeness (QED) is 0.831. The van der Waals surface area contributed by atoms with Crippen LogP contribution in [0.1, 0.15) is 30.7 Å². The number of nitrogens with one attached hydrogen (secondary N) is 1. The van der Waals surface area contributed by atoms with Crippen molar-refractivity contribution in [3.63, 3.8) is 0 Å². The Morgan fingerprint density at radius 3 is 2.65 bits per heavy atom. The number of carbonyl (C=O) groups excluding carboxylic acids is 1. The lowest BCUT2D eigenvalue weighted by atomic mass is 10.1. The predicted octanol–water partition coefficient (Wildman–Crippen LogP) is 0.743. The zero-order valence-corrected chi connectivity index (χ0v) is 12.7. The van der Waals surface area contributed by atoms with Crippen LogP contribution >= 0.6 is 0 Å². The van der Waals surface area contributed by atoms with Gasteiger partial charge < -0.3 is 4.74 Å². The highest BCUT2D eigenvalue weighted by Gasteiger charge is 2.40. The summed E-state index contributed by atoms with van der Waals surface area (Å²) < 4.78 is 31.5. The van der Waals surface area contributed by atoms with E-state index < -0.39 is 22.0 Å². The maximum absolute atomic E-state index is 12.8. The molecule has 2 rings (SSSR count). The monoisotopic (exact) mass is 301 g/mol. The number of nitrogens with zero attached hydrogens (tertiary/aromatic N) is 2. The highest BCUT2D eigenvalue weighted by molar-refractivity contribution is 7.89. The summed E-state index contributed by atoms with van der Waals surface area (Å²) in [6, 6.07) is -0.743. The van der Waals surface area contributed by atoms with Crippen molar-refractivity contribution in [3.8, 4) is 0 Å². The van der Waals surface area contributed by atoms with Crippen molar-refractivity contribution in [1.29, 1.82) is 0 Å². The van der Waals surface area contributed by atoms with Crippen molar-refractivity contribution in [2.45, 2.75) is 44.0 Å². The molecule has 8 heteroatoms. The summed E-state index contributed by atoms with van der Waals surface area (Å²) in [6.45, 7) is 3.61. The molecule has 0 aliphatic carbocycles. The van der Waals surface area contributed by atoms with Crippen LogP contribution < -0.4 is 0 Å². The van der Waals surface area contributed by atoms with Crippen molar-refractivity contribution in [1.82, 2.24) is 14.5 Å². The van der Waals surface area contributed by atoms with Gasteiger partial charge in [0, 0.05) is 6.54 Å². The number of aryl methyl sites for hydroxylation is 2. The van der Waals surface area contributed by atoms with Crippen molar-refractivity contribution in [2.24, 2.45) is 0 Å². The largest absolute Gasteiger partial charge is 0.468 e. The van der Waals surface area contributed by atoms with Crippen LogP contribution in [0.25, 0.3) is 0 Å². The molecule has 1 aromatic rings. The van der Waals surface area contributed by atoms with Gasteiger partial charge in [-0.25, -0.2) is 8.42 Å². The van der Waals surface area contributed by atoms with Gasteiger partial charge in [-0.15, -0.1) is 0 Å². The topological polar surface area (TPSA) is 92.4 Å². The van der Waals surface area contributed by atoms with Crippen molar-refractivity contribution in [2.75, 3.05) is 13.7 Å². The molecule has 0 amide bonds. The molecule has 1 saturated heterocycles. The zero-order chi connectivity index (χ0) is 14.9. The zero-order valence-electron chi connectivity index (χ0n) is 11.8. The second-order valence-electron chi connectivity index (χ2n) is 4.91. The average Bonchev–Trinajstić information content (AvgIpc) is 2.77. The first-order valence-electron chi connectivity index (χ1n) is 6.51. The van der Waals surface area contributed by atoms with E-state index in [0.717, 1.165) is 12.8 Å². The minimum Gasteiger partial charge on any atom is -0.468 e. The SMILES string of the molecule is COC(=O)C1CCCCN1S(=O)(=O)c1c(C)n[nH]c1C. The number of rotatable bonds is 3. The van der Waals surface area contributed by atoms with Crippen LogP contribution in [-0.2, 0) is 19.6 Å². The van der Waals surface area contributed by atoms with E-state index in [1.807, 2.05) is 0 Å². The lowest BCUT2D eigenvalue weighted by molar-refractivity contribution is -0.146. The maximum Gasteiger partial charge on any atom is 0.324 e. The first-order valence-corrected chi connectivity index (χ1v) is 7.95. The third-order valence-corrected chi connectivity index (χ3v) is 5.73. The molecule has 1 aromatic heterocycles. The predicted molar refractivity (Wildman–Crippen MR) is 71.6 cm³/mol. The lowest BCUT2D eigenvalue weighted by Gasteiger charge is -2.32. The third-order valence-electron chi connectivity index (χ3n) is 3.55. The number of ether oxygens (including phenoxy) is 1. The van der Waals surface area contributed by atoms with Gasteiger partial charge in [0.1, 0.15) is 10.9 Å². The summed E-state index contributed by atoms with van der Waals surface area (Å²) in [5.41, 5.74) is 0.897. The Balaban J connectivity index is 2.44. The molecule has 1 aliphatic heterocycles. The van der Waals surface area contributed by atoms with Crippen LogP contribution in [0.15, 0.2) is 4.90 Å². The normalized spacial score (nSPS) is 20.9. The summed E-state index contributed by atoms with van der Waals surface area (Å²) in [5, 5.41) is 6.59. The number of H-pyrrole nitrogens is 1. The highest BCUT2D eigenvalue weighted by atomic mass is 32.2. The van der Waals surface area contributed by atoms with Gasteiger partial charge in [0.15, 0.2) is 0 Å². The smallest absolute Gasteiger partial charge is 0.324 e. The Morgan fingerprint density at radius 1 is 1.40 bits per heavy atom. The number of esters is 1. The summed E-state index contributed by atoms with van der Waals surface area (Å²) in [4.78, 5) is 12.0. The number of aromatic nitrogens is 2. The molecule has 0 saturated carbocycles. The van der Waals surface area contributed by atoms with Crippen LogP contribution in [0, 0.1) is 13.8 Å². The van der Waals surface area contributed by atoms with Crippen LogP contribution in [0.2, 0.25) is 0 Å². The second kappa shape index (κ2) is 5.53. The number of carbonyl (C=O) groups is 1. The molecule has 0 bridgehead atoms. The lowest BCUT2D eigenvalue weighted by Crippen LogP contribution is -2.48. The maximum atomic E-state index is 12.8. The Morgan fingerprint density at radius 2 is 2.10 bits per heavy atom. The molecule has 1 N–H and O–H groups in total. The van der Waals surface area contributed by atoms with Crippen molar-refractivity contribution >= 4 is 16.0 Å². The molecular formula is C12H19N3O4S. The Kier molecular flexibility index (Phi) is 4.14. The molecule has 0 spiro atoms. The van der Waals surface area contributed by atoms with E-state index in [2.05, 4.69) is 10.2 Å². The van der Waals surface area contributed by atoms with Crippen LogP contribution in [0.4, 0.5) is 0 Å². The van der Waals surface area contributed by atoms with E-state index in [4.69, 9.17) is 4.74 Å². The summed E-state index contributed by atoms with van der Waals surface area (Å²) in [5.74, 6) is -0.507. The van der Waals surface area contributed by atoms with Gasteiger partial charge >= 0.3 is 5.97 Å². The van der Waals surface area contributed by atoms with Crippen LogP contribution in [-0.4, -0.2) is 48.6 Å². The number of piperidine rings is 1. The number of hydrogen-bond donors (Lipinski definition) is 1. The molecule has 7 nitrogen and oxygen atoms in total.